The van der Waals surface area contributed by atoms with Gasteiger partial charge in [0.25, 0.3) is 0 Å². The van der Waals surface area contributed by atoms with Gasteiger partial charge in [0.2, 0.25) is 15.9 Å². The normalized spacial score (nSPS) is 11.7. The van der Waals surface area contributed by atoms with Crippen LogP contribution in [-0.4, -0.2) is 37.7 Å². The summed E-state index contributed by atoms with van der Waals surface area (Å²) in [7, 11) is -0.568. The zero-order valence-electron chi connectivity index (χ0n) is 13.9. The van der Waals surface area contributed by atoms with Crippen LogP contribution in [0.25, 0.3) is 0 Å². The fourth-order valence-electron chi connectivity index (χ4n) is 2.15. The lowest BCUT2D eigenvalue weighted by Crippen LogP contribution is -2.23. The van der Waals surface area contributed by atoms with Crippen molar-refractivity contribution in [3.8, 4) is 0 Å². The molecule has 1 heterocycles. The number of rotatable bonds is 7. The van der Waals surface area contributed by atoms with Gasteiger partial charge in [0.1, 0.15) is 0 Å². The van der Waals surface area contributed by atoms with Crippen LogP contribution in [0.15, 0.2) is 34.7 Å². The summed E-state index contributed by atoms with van der Waals surface area (Å²) in [5.74, 6) is -0.136. The van der Waals surface area contributed by atoms with Crippen LogP contribution in [0.1, 0.15) is 23.4 Å². The third kappa shape index (κ3) is 4.62. The predicted octanol–water partition coefficient (Wildman–Crippen LogP) is 2.66. The molecule has 1 aromatic heterocycles. The Balaban J connectivity index is 2.01. The van der Waals surface area contributed by atoms with Gasteiger partial charge in [-0.25, -0.2) is 17.7 Å². The van der Waals surface area contributed by atoms with E-state index in [1.54, 1.807) is 36.6 Å². The SMILES string of the molecule is Cc1ccc(NC(=O)CCCc2nccs2)cc1S(=O)(=O)N(C)C. The number of hydrogen-bond donors (Lipinski definition) is 1. The van der Waals surface area contributed by atoms with E-state index in [4.69, 9.17) is 0 Å². The summed E-state index contributed by atoms with van der Waals surface area (Å²) in [4.78, 5) is 16.4. The molecular weight excluding hydrogens is 346 g/mol. The summed E-state index contributed by atoms with van der Waals surface area (Å²) in [6.45, 7) is 1.73. The Hall–Kier alpha value is -1.77. The minimum atomic E-state index is -3.54. The van der Waals surface area contributed by atoms with Crippen molar-refractivity contribution in [1.29, 1.82) is 0 Å². The quantitative estimate of drug-likeness (QED) is 0.816. The molecule has 0 bridgehead atoms. The van der Waals surface area contributed by atoms with Crippen molar-refractivity contribution < 1.29 is 13.2 Å². The molecule has 130 valence electrons. The number of benzene rings is 1. The monoisotopic (exact) mass is 367 g/mol. The van der Waals surface area contributed by atoms with E-state index < -0.39 is 10.0 Å². The number of amides is 1. The summed E-state index contributed by atoms with van der Waals surface area (Å²) < 4.78 is 25.8. The molecule has 0 spiro atoms. The second-order valence-electron chi connectivity index (χ2n) is 5.60. The first-order valence-corrected chi connectivity index (χ1v) is 9.84. The van der Waals surface area contributed by atoms with Crippen LogP contribution in [0, 0.1) is 6.92 Å². The first-order valence-electron chi connectivity index (χ1n) is 7.52. The zero-order chi connectivity index (χ0) is 17.7. The van der Waals surface area contributed by atoms with Crippen LogP contribution in [0.5, 0.6) is 0 Å². The number of hydrogen-bond acceptors (Lipinski definition) is 5. The van der Waals surface area contributed by atoms with Crippen LogP contribution in [0.3, 0.4) is 0 Å². The van der Waals surface area contributed by atoms with E-state index >= 15 is 0 Å². The lowest BCUT2D eigenvalue weighted by atomic mass is 10.2. The van der Waals surface area contributed by atoms with Gasteiger partial charge in [-0.2, -0.15) is 0 Å². The molecule has 6 nitrogen and oxygen atoms in total. The zero-order valence-corrected chi connectivity index (χ0v) is 15.6. The fraction of sp³-hybridized carbons (Fsp3) is 0.375. The summed E-state index contributed by atoms with van der Waals surface area (Å²) in [5, 5.41) is 5.68. The molecule has 8 heteroatoms. The first kappa shape index (κ1) is 18.6. The van der Waals surface area contributed by atoms with E-state index in [2.05, 4.69) is 10.3 Å². The molecule has 1 N–H and O–H groups in total. The fourth-order valence-corrected chi connectivity index (χ4v) is 3.96. The Morgan fingerprint density at radius 3 is 2.71 bits per heavy atom. The van der Waals surface area contributed by atoms with E-state index in [0.29, 0.717) is 24.1 Å². The van der Waals surface area contributed by atoms with E-state index in [-0.39, 0.29) is 10.8 Å². The Bertz CT molecular complexity index is 800. The molecule has 2 aromatic rings. The van der Waals surface area contributed by atoms with Crippen LogP contribution in [0.2, 0.25) is 0 Å². The number of aryl methyl sites for hydroxylation is 2. The van der Waals surface area contributed by atoms with Gasteiger partial charge in [-0.05, 0) is 37.5 Å². The number of thiazole rings is 1. The number of aromatic nitrogens is 1. The standard InChI is InChI=1S/C16H21N3O3S2/c1-12-7-8-13(11-14(12)24(21,22)19(2)3)18-15(20)5-4-6-16-17-9-10-23-16/h7-11H,4-6H2,1-3H3,(H,18,20). The van der Waals surface area contributed by atoms with E-state index in [1.807, 2.05) is 5.38 Å². The lowest BCUT2D eigenvalue weighted by Gasteiger charge is -2.15. The molecule has 2 rings (SSSR count). The second kappa shape index (κ2) is 7.87. The molecule has 0 aliphatic carbocycles. The van der Waals surface area contributed by atoms with Crippen molar-refractivity contribution in [2.45, 2.75) is 31.1 Å². The number of nitrogens with one attached hydrogen (secondary N) is 1. The molecule has 1 aromatic carbocycles. The summed E-state index contributed by atoms with van der Waals surface area (Å²) in [5.41, 5.74) is 1.13. The van der Waals surface area contributed by atoms with Gasteiger partial charge >= 0.3 is 0 Å². The molecule has 0 radical (unpaired) electrons. The van der Waals surface area contributed by atoms with Crippen LogP contribution >= 0.6 is 11.3 Å². The van der Waals surface area contributed by atoms with Gasteiger partial charge in [-0.15, -0.1) is 11.3 Å². The highest BCUT2D eigenvalue weighted by atomic mass is 32.2. The molecule has 0 unspecified atom stereocenters. The minimum Gasteiger partial charge on any atom is -0.326 e. The summed E-state index contributed by atoms with van der Waals surface area (Å²) in [6, 6.07) is 4.91. The summed E-state index contributed by atoms with van der Waals surface area (Å²) >= 11 is 1.57. The predicted molar refractivity (Wildman–Crippen MR) is 95.7 cm³/mol. The Labute approximate surface area is 146 Å². The smallest absolute Gasteiger partial charge is 0.242 e. The molecule has 0 fully saturated rings. The summed E-state index contributed by atoms with van der Waals surface area (Å²) in [6.07, 6.45) is 3.58. The number of sulfonamides is 1. The average Bonchev–Trinajstić information content (AvgIpc) is 3.02. The van der Waals surface area contributed by atoms with Crippen molar-refractivity contribution in [3.63, 3.8) is 0 Å². The van der Waals surface area contributed by atoms with Crippen LogP contribution in [-0.2, 0) is 21.2 Å². The van der Waals surface area contributed by atoms with Gasteiger partial charge < -0.3 is 5.32 Å². The average molecular weight is 367 g/mol. The number of anilines is 1. The third-order valence-corrected chi connectivity index (χ3v) is 6.30. The highest BCUT2D eigenvalue weighted by molar-refractivity contribution is 7.89. The van der Waals surface area contributed by atoms with Gasteiger partial charge in [0, 0.05) is 37.8 Å². The van der Waals surface area contributed by atoms with E-state index in [9.17, 15) is 13.2 Å². The third-order valence-electron chi connectivity index (χ3n) is 3.51. The van der Waals surface area contributed by atoms with E-state index in [1.165, 1.54) is 20.2 Å². The largest absolute Gasteiger partial charge is 0.326 e. The second-order valence-corrected chi connectivity index (χ2v) is 8.69. The highest BCUT2D eigenvalue weighted by Gasteiger charge is 2.20. The van der Waals surface area contributed by atoms with Gasteiger partial charge in [0.15, 0.2) is 0 Å². The molecule has 0 aliphatic heterocycles. The van der Waals surface area contributed by atoms with Crippen LogP contribution in [0.4, 0.5) is 5.69 Å². The minimum absolute atomic E-state index is 0.136. The van der Waals surface area contributed by atoms with Gasteiger partial charge in [0.05, 0.1) is 9.90 Å². The van der Waals surface area contributed by atoms with Crippen molar-refractivity contribution >= 4 is 33.0 Å². The van der Waals surface area contributed by atoms with Crippen LogP contribution < -0.4 is 5.32 Å². The molecule has 0 atom stereocenters. The van der Waals surface area contributed by atoms with Crippen molar-refractivity contribution in [2.24, 2.45) is 0 Å². The Morgan fingerprint density at radius 1 is 1.33 bits per heavy atom. The van der Waals surface area contributed by atoms with Gasteiger partial charge in [-0.1, -0.05) is 6.07 Å². The maximum absolute atomic E-state index is 12.3. The maximum atomic E-state index is 12.3. The molecule has 1 amide bonds. The van der Waals surface area contributed by atoms with E-state index in [0.717, 1.165) is 15.7 Å². The molecule has 0 aliphatic rings. The Morgan fingerprint density at radius 2 is 2.08 bits per heavy atom. The molecular formula is C16H21N3O3S2. The first-order chi connectivity index (χ1) is 11.3. The topological polar surface area (TPSA) is 79.4 Å². The maximum Gasteiger partial charge on any atom is 0.242 e. The van der Waals surface area contributed by atoms with Crippen molar-refractivity contribution in [1.82, 2.24) is 9.29 Å². The lowest BCUT2D eigenvalue weighted by molar-refractivity contribution is -0.116. The van der Waals surface area contributed by atoms with Gasteiger partial charge in [-0.3, -0.25) is 4.79 Å². The highest BCUT2D eigenvalue weighted by Crippen LogP contribution is 2.22. The van der Waals surface area contributed by atoms with Crippen molar-refractivity contribution in [2.75, 3.05) is 19.4 Å². The molecule has 0 saturated carbocycles. The number of carbonyl (C=O) groups excluding carboxylic acids is 1. The number of carbonyl (C=O) groups is 1. The number of nitrogens with zero attached hydrogens (tertiary/aromatic N) is 2. The molecule has 0 saturated heterocycles. The van der Waals surface area contributed by atoms with Crippen molar-refractivity contribution in [3.05, 3.63) is 40.3 Å². The molecule has 24 heavy (non-hydrogen) atoms. The Kier molecular flexibility index (Phi) is 6.09.